The summed E-state index contributed by atoms with van der Waals surface area (Å²) in [5.41, 5.74) is 3.47. The molecule has 0 aliphatic heterocycles. The van der Waals surface area contributed by atoms with E-state index in [9.17, 15) is 0 Å². The standard InChI is InChI=1S/C18H24N6/c1-12-8-6-7-9-14(12)16(23(3)4)11-19-17-15-10-20-24(5)18(15)22-13(2)21-17/h6-10,16H,11H2,1-5H3,(H,19,21,22). The topological polar surface area (TPSA) is 58.9 Å². The van der Waals surface area contributed by atoms with Gasteiger partial charge in [-0.1, -0.05) is 24.3 Å². The van der Waals surface area contributed by atoms with Crippen molar-refractivity contribution in [3.05, 3.63) is 47.4 Å². The number of anilines is 1. The summed E-state index contributed by atoms with van der Waals surface area (Å²) in [5, 5.41) is 8.75. The lowest BCUT2D eigenvalue weighted by Gasteiger charge is -2.27. The summed E-state index contributed by atoms with van der Waals surface area (Å²) in [5.74, 6) is 1.58. The lowest BCUT2D eigenvalue weighted by molar-refractivity contribution is 0.310. The molecule has 2 aromatic heterocycles. The van der Waals surface area contributed by atoms with Gasteiger partial charge in [0.1, 0.15) is 11.6 Å². The predicted octanol–water partition coefficient (Wildman–Crippen LogP) is 2.69. The Morgan fingerprint density at radius 1 is 1.17 bits per heavy atom. The Morgan fingerprint density at radius 2 is 1.92 bits per heavy atom. The molecule has 0 aliphatic rings. The van der Waals surface area contributed by atoms with E-state index in [4.69, 9.17) is 0 Å². The zero-order chi connectivity index (χ0) is 17.3. The van der Waals surface area contributed by atoms with Gasteiger partial charge in [0.05, 0.1) is 17.6 Å². The number of hydrogen-bond donors (Lipinski definition) is 1. The molecule has 0 amide bonds. The Labute approximate surface area is 142 Å². The van der Waals surface area contributed by atoms with Crippen molar-refractivity contribution < 1.29 is 0 Å². The molecule has 3 rings (SSSR count). The molecular weight excluding hydrogens is 300 g/mol. The van der Waals surface area contributed by atoms with Gasteiger partial charge < -0.3 is 10.2 Å². The van der Waals surface area contributed by atoms with Crippen molar-refractivity contribution in [2.45, 2.75) is 19.9 Å². The third-order valence-corrected chi connectivity index (χ3v) is 4.34. The highest BCUT2D eigenvalue weighted by Crippen LogP contribution is 2.24. The van der Waals surface area contributed by atoms with Crippen molar-refractivity contribution in [1.29, 1.82) is 0 Å². The highest BCUT2D eigenvalue weighted by molar-refractivity contribution is 5.86. The Morgan fingerprint density at radius 3 is 2.62 bits per heavy atom. The molecule has 0 bridgehead atoms. The number of nitrogens with one attached hydrogen (secondary N) is 1. The maximum Gasteiger partial charge on any atom is 0.163 e. The molecule has 0 saturated carbocycles. The molecule has 1 atom stereocenters. The average molecular weight is 324 g/mol. The Hall–Kier alpha value is -2.47. The third kappa shape index (κ3) is 3.10. The van der Waals surface area contributed by atoms with Gasteiger partial charge >= 0.3 is 0 Å². The van der Waals surface area contributed by atoms with Gasteiger partial charge in [0.25, 0.3) is 0 Å². The number of hydrogen-bond acceptors (Lipinski definition) is 5. The summed E-state index contributed by atoms with van der Waals surface area (Å²) in [6.45, 7) is 4.82. The first-order chi connectivity index (χ1) is 11.5. The molecule has 3 aromatic rings. The second-order valence-electron chi connectivity index (χ2n) is 6.34. The van der Waals surface area contributed by atoms with Gasteiger partial charge in [-0.05, 0) is 39.1 Å². The summed E-state index contributed by atoms with van der Waals surface area (Å²) in [6, 6.07) is 8.76. The molecular formula is C18H24N6. The van der Waals surface area contributed by atoms with Gasteiger partial charge in [0.2, 0.25) is 0 Å². The number of aryl methyl sites for hydroxylation is 3. The fraction of sp³-hybridized carbons (Fsp3) is 0.389. The van der Waals surface area contributed by atoms with Gasteiger partial charge in [-0.25, -0.2) is 9.97 Å². The van der Waals surface area contributed by atoms with E-state index < -0.39 is 0 Å². The Bertz CT molecular complexity index is 852. The van der Waals surface area contributed by atoms with Gasteiger partial charge in [-0.3, -0.25) is 4.68 Å². The molecule has 1 unspecified atom stereocenters. The number of fused-ring (bicyclic) bond motifs is 1. The number of likely N-dealkylation sites (N-methyl/N-ethyl adjacent to an activating group) is 1. The minimum absolute atomic E-state index is 0.258. The minimum atomic E-state index is 0.258. The first kappa shape index (κ1) is 16.4. The average Bonchev–Trinajstić information content (AvgIpc) is 2.90. The van der Waals surface area contributed by atoms with E-state index in [1.54, 1.807) is 4.68 Å². The number of aromatic nitrogens is 4. The van der Waals surface area contributed by atoms with Crippen LogP contribution in [0.15, 0.2) is 30.5 Å². The molecule has 0 saturated heterocycles. The van der Waals surface area contributed by atoms with E-state index in [1.807, 2.05) is 20.2 Å². The maximum absolute atomic E-state index is 4.57. The fourth-order valence-electron chi connectivity index (χ4n) is 2.99. The van der Waals surface area contributed by atoms with Crippen LogP contribution in [0.2, 0.25) is 0 Å². The van der Waals surface area contributed by atoms with E-state index in [-0.39, 0.29) is 6.04 Å². The van der Waals surface area contributed by atoms with E-state index in [0.717, 1.165) is 29.2 Å². The quantitative estimate of drug-likeness (QED) is 0.782. The summed E-state index contributed by atoms with van der Waals surface area (Å²) < 4.78 is 1.78. The van der Waals surface area contributed by atoms with Crippen LogP contribution in [0.1, 0.15) is 23.0 Å². The molecule has 1 N–H and O–H groups in total. The molecule has 24 heavy (non-hydrogen) atoms. The van der Waals surface area contributed by atoms with Gasteiger partial charge in [0, 0.05) is 13.6 Å². The van der Waals surface area contributed by atoms with Crippen LogP contribution in [0.5, 0.6) is 0 Å². The van der Waals surface area contributed by atoms with Crippen LogP contribution in [-0.4, -0.2) is 45.3 Å². The van der Waals surface area contributed by atoms with Crippen molar-refractivity contribution in [2.75, 3.05) is 26.0 Å². The predicted molar refractivity (Wildman–Crippen MR) is 97.1 cm³/mol. The summed E-state index contributed by atoms with van der Waals surface area (Å²) >= 11 is 0. The van der Waals surface area contributed by atoms with E-state index in [1.165, 1.54) is 11.1 Å². The lowest BCUT2D eigenvalue weighted by Crippen LogP contribution is -2.27. The molecule has 126 valence electrons. The molecule has 2 heterocycles. The molecule has 0 radical (unpaired) electrons. The summed E-state index contributed by atoms with van der Waals surface area (Å²) in [6.07, 6.45) is 1.82. The van der Waals surface area contributed by atoms with Gasteiger partial charge in [0.15, 0.2) is 5.65 Å². The number of benzene rings is 1. The van der Waals surface area contributed by atoms with Gasteiger partial charge in [-0.2, -0.15) is 5.10 Å². The zero-order valence-corrected chi connectivity index (χ0v) is 14.9. The number of nitrogens with zero attached hydrogens (tertiary/aromatic N) is 5. The maximum atomic E-state index is 4.57. The van der Waals surface area contributed by atoms with Crippen LogP contribution in [0.3, 0.4) is 0 Å². The van der Waals surface area contributed by atoms with Crippen molar-refractivity contribution in [1.82, 2.24) is 24.6 Å². The summed E-state index contributed by atoms with van der Waals surface area (Å²) in [7, 11) is 6.10. The van der Waals surface area contributed by atoms with Crippen LogP contribution < -0.4 is 5.32 Å². The SMILES string of the molecule is Cc1nc(NCC(c2ccccc2C)N(C)C)c2cnn(C)c2n1. The minimum Gasteiger partial charge on any atom is -0.367 e. The van der Waals surface area contributed by atoms with E-state index >= 15 is 0 Å². The van der Waals surface area contributed by atoms with Crippen LogP contribution >= 0.6 is 0 Å². The second-order valence-corrected chi connectivity index (χ2v) is 6.34. The Balaban J connectivity index is 1.90. The molecule has 0 aliphatic carbocycles. The largest absolute Gasteiger partial charge is 0.367 e. The molecule has 1 aromatic carbocycles. The molecule has 6 heteroatoms. The highest BCUT2D eigenvalue weighted by Gasteiger charge is 2.17. The highest BCUT2D eigenvalue weighted by atomic mass is 15.3. The van der Waals surface area contributed by atoms with Crippen LogP contribution in [0.4, 0.5) is 5.82 Å². The number of rotatable bonds is 5. The van der Waals surface area contributed by atoms with Crippen LogP contribution in [-0.2, 0) is 7.05 Å². The zero-order valence-electron chi connectivity index (χ0n) is 14.9. The normalized spacial score (nSPS) is 12.8. The molecule has 0 spiro atoms. The fourth-order valence-corrected chi connectivity index (χ4v) is 2.99. The lowest BCUT2D eigenvalue weighted by atomic mass is 10.0. The van der Waals surface area contributed by atoms with E-state index in [0.29, 0.717) is 0 Å². The molecule has 0 fully saturated rings. The smallest absolute Gasteiger partial charge is 0.163 e. The van der Waals surface area contributed by atoms with Crippen LogP contribution in [0, 0.1) is 13.8 Å². The second kappa shape index (κ2) is 6.57. The molecule has 6 nitrogen and oxygen atoms in total. The van der Waals surface area contributed by atoms with Crippen molar-refractivity contribution >= 4 is 16.9 Å². The van der Waals surface area contributed by atoms with Crippen molar-refractivity contribution in [3.63, 3.8) is 0 Å². The third-order valence-electron chi connectivity index (χ3n) is 4.34. The van der Waals surface area contributed by atoms with E-state index in [2.05, 4.69) is 70.6 Å². The Kier molecular flexibility index (Phi) is 4.49. The van der Waals surface area contributed by atoms with Crippen molar-refractivity contribution in [3.8, 4) is 0 Å². The summed E-state index contributed by atoms with van der Waals surface area (Å²) in [4.78, 5) is 11.3. The van der Waals surface area contributed by atoms with Crippen LogP contribution in [0.25, 0.3) is 11.0 Å². The monoisotopic (exact) mass is 324 g/mol. The van der Waals surface area contributed by atoms with Gasteiger partial charge in [-0.15, -0.1) is 0 Å². The first-order valence-corrected chi connectivity index (χ1v) is 8.09. The van der Waals surface area contributed by atoms with Crippen molar-refractivity contribution in [2.24, 2.45) is 7.05 Å². The first-order valence-electron chi connectivity index (χ1n) is 8.09.